The molecule has 2 rings (SSSR count). The number of nitrogens with one attached hydrogen (secondary N) is 1. The molecule has 7 nitrogen and oxygen atoms in total. The Bertz CT molecular complexity index is 700. The summed E-state index contributed by atoms with van der Waals surface area (Å²) < 4.78 is 0. The van der Waals surface area contributed by atoms with Gasteiger partial charge in [0, 0.05) is 22.9 Å². The zero-order chi connectivity index (χ0) is 15.4. The number of benzene rings is 1. The predicted octanol–water partition coefficient (Wildman–Crippen LogP) is 1.93. The molecule has 1 heterocycles. The van der Waals surface area contributed by atoms with Crippen LogP contribution in [0.4, 0.5) is 5.69 Å². The van der Waals surface area contributed by atoms with Crippen molar-refractivity contribution in [2.75, 3.05) is 0 Å². The lowest BCUT2D eigenvalue weighted by Crippen LogP contribution is -2.23. The first-order valence-corrected chi connectivity index (χ1v) is 6.28. The van der Waals surface area contributed by atoms with E-state index in [1.54, 1.807) is 25.1 Å². The van der Waals surface area contributed by atoms with Crippen LogP contribution in [0.3, 0.4) is 0 Å². The molecule has 0 aliphatic heterocycles. The lowest BCUT2D eigenvalue weighted by Gasteiger charge is -2.06. The van der Waals surface area contributed by atoms with E-state index in [0.717, 1.165) is 5.69 Å². The van der Waals surface area contributed by atoms with Crippen molar-refractivity contribution < 1.29 is 9.72 Å². The van der Waals surface area contributed by atoms with Gasteiger partial charge in [-0.05, 0) is 26.0 Å². The highest BCUT2D eigenvalue weighted by Crippen LogP contribution is 2.19. The quantitative estimate of drug-likeness (QED) is 0.684. The van der Waals surface area contributed by atoms with Crippen LogP contribution in [0, 0.1) is 24.0 Å². The second kappa shape index (κ2) is 6.08. The van der Waals surface area contributed by atoms with E-state index in [2.05, 4.69) is 15.3 Å². The summed E-state index contributed by atoms with van der Waals surface area (Å²) >= 11 is 0. The first-order valence-electron chi connectivity index (χ1n) is 6.28. The SMILES string of the molecule is Cc1cc(CNC(=O)c2ccc(C)c([N+](=O)[O-])c2)ncn1. The minimum Gasteiger partial charge on any atom is -0.346 e. The van der Waals surface area contributed by atoms with Crippen LogP contribution in [0.25, 0.3) is 0 Å². The highest BCUT2D eigenvalue weighted by molar-refractivity contribution is 5.94. The van der Waals surface area contributed by atoms with Gasteiger partial charge in [0.25, 0.3) is 11.6 Å². The molecule has 0 aliphatic carbocycles. The monoisotopic (exact) mass is 286 g/mol. The third kappa shape index (κ3) is 3.59. The maximum Gasteiger partial charge on any atom is 0.273 e. The minimum atomic E-state index is -0.500. The van der Waals surface area contributed by atoms with Crippen molar-refractivity contribution in [2.45, 2.75) is 20.4 Å². The number of nitro benzene ring substituents is 1. The van der Waals surface area contributed by atoms with Crippen molar-refractivity contribution in [1.29, 1.82) is 0 Å². The molecule has 0 unspecified atom stereocenters. The third-order valence-electron chi connectivity index (χ3n) is 2.96. The van der Waals surface area contributed by atoms with E-state index in [4.69, 9.17) is 0 Å². The summed E-state index contributed by atoms with van der Waals surface area (Å²) in [5, 5.41) is 13.5. The van der Waals surface area contributed by atoms with Gasteiger partial charge >= 0.3 is 0 Å². The average Bonchev–Trinajstić information content (AvgIpc) is 2.45. The normalized spacial score (nSPS) is 10.2. The van der Waals surface area contributed by atoms with Crippen molar-refractivity contribution in [3.05, 3.63) is 63.2 Å². The van der Waals surface area contributed by atoms with Gasteiger partial charge in [-0.3, -0.25) is 14.9 Å². The fourth-order valence-electron chi connectivity index (χ4n) is 1.83. The average molecular weight is 286 g/mol. The van der Waals surface area contributed by atoms with Crippen molar-refractivity contribution >= 4 is 11.6 Å². The molecule has 1 aromatic carbocycles. The predicted molar refractivity (Wildman–Crippen MR) is 75.8 cm³/mol. The molecule has 1 amide bonds. The fraction of sp³-hybridized carbons (Fsp3) is 0.214. The minimum absolute atomic E-state index is 0.0690. The molecular weight excluding hydrogens is 272 g/mol. The first-order chi connectivity index (χ1) is 9.97. The fourth-order valence-corrected chi connectivity index (χ4v) is 1.83. The van der Waals surface area contributed by atoms with Gasteiger partial charge in [0.2, 0.25) is 0 Å². The van der Waals surface area contributed by atoms with E-state index in [0.29, 0.717) is 11.3 Å². The van der Waals surface area contributed by atoms with E-state index >= 15 is 0 Å². The van der Waals surface area contributed by atoms with Crippen LogP contribution in [0.15, 0.2) is 30.6 Å². The summed E-state index contributed by atoms with van der Waals surface area (Å²) in [6.07, 6.45) is 1.42. The number of hydrogen-bond acceptors (Lipinski definition) is 5. The molecule has 0 atom stereocenters. The van der Waals surface area contributed by atoms with Crippen molar-refractivity contribution in [2.24, 2.45) is 0 Å². The highest BCUT2D eigenvalue weighted by Gasteiger charge is 2.14. The molecule has 0 aliphatic rings. The summed E-state index contributed by atoms with van der Waals surface area (Å²) in [6.45, 7) is 3.70. The van der Waals surface area contributed by atoms with Crippen LogP contribution in [-0.4, -0.2) is 20.8 Å². The first kappa shape index (κ1) is 14.6. The molecular formula is C14H14N4O3. The zero-order valence-corrected chi connectivity index (χ0v) is 11.7. The lowest BCUT2D eigenvalue weighted by molar-refractivity contribution is -0.385. The Morgan fingerprint density at radius 3 is 2.71 bits per heavy atom. The molecule has 0 bridgehead atoms. The maximum atomic E-state index is 12.0. The smallest absolute Gasteiger partial charge is 0.273 e. The van der Waals surface area contributed by atoms with Crippen LogP contribution < -0.4 is 5.32 Å². The van der Waals surface area contributed by atoms with Gasteiger partial charge in [0.1, 0.15) is 6.33 Å². The Hall–Kier alpha value is -2.83. The van der Waals surface area contributed by atoms with E-state index < -0.39 is 4.92 Å². The lowest BCUT2D eigenvalue weighted by atomic mass is 10.1. The molecule has 0 radical (unpaired) electrons. The number of aryl methyl sites for hydroxylation is 2. The molecule has 0 spiro atoms. The Kier molecular flexibility index (Phi) is 4.22. The van der Waals surface area contributed by atoms with Crippen LogP contribution in [-0.2, 0) is 6.54 Å². The second-order valence-electron chi connectivity index (χ2n) is 4.59. The Morgan fingerprint density at radius 1 is 1.29 bits per heavy atom. The van der Waals surface area contributed by atoms with Crippen LogP contribution in [0.5, 0.6) is 0 Å². The molecule has 0 saturated carbocycles. The molecule has 108 valence electrons. The molecule has 2 aromatic rings. The van der Waals surface area contributed by atoms with Crippen LogP contribution >= 0.6 is 0 Å². The number of hydrogen-bond donors (Lipinski definition) is 1. The molecule has 7 heteroatoms. The van der Waals surface area contributed by atoms with E-state index in [1.165, 1.54) is 12.4 Å². The number of amides is 1. The van der Waals surface area contributed by atoms with Gasteiger partial charge in [-0.25, -0.2) is 9.97 Å². The molecule has 1 N–H and O–H groups in total. The molecule has 21 heavy (non-hydrogen) atoms. The Labute approximate surface area is 121 Å². The number of rotatable bonds is 4. The van der Waals surface area contributed by atoms with Gasteiger partial charge in [-0.15, -0.1) is 0 Å². The Morgan fingerprint density at radius 2 is 2.05 bits per heavy atom. The summed E-state index contributed by atoms with van der Waals surface area (Å²) in [5.41, 5.74) is 2.18. The number of aromatic nitrogens is 2. The maximum absolute atomic E-state index is 12.0. The second-order valence-corrected chi connectivity index (χ2v) is 4.59. The van der Waals surface area contributed by atoms with E-state index in [1.807, 2.05) is 6.92 Å². The van der Waals surface area contributed by atoms with Gasteiger partial charge in [-0.2, -0.15) is 0 Å². The molecule has 1 aromatic heterocycles. The number of nitrogens with zero attached hydrogens (tertiary/aromatic N) is 3. The van der Waals surface area contributed by atoms with Gasteiger partial charge in [0.15, 0.2) is 0 Å². The number of nitro groups is 1. The summed E-state index contributed by atoms with van der Waals surface area (Å²) in [5.74, 6) is -0.380. The largest absolute Gasteiger partial charge is 0.346 e. The van der Waals surface area contributed by atoms with Gasteiger partial charge < -0.3 is 5.32 Å². The summed E-state index contributed by atoms with van der Waals surface area (Å²) in [4.78, 5) is 30.4. The van der Waals surface area contributed by atoms with E-state index in [-0.39, 0.29) is 23.7 Å². The molecule has 0 fully saturated rings. The van der Waals surface area contributed by atoms with Crippen LogP contribution in [0.2, 0.25) is 0 Å². The van der Waals surface area contributed by atoms with Gasteiger partial charge in [-0.1, -0.05) is 6.07 Å². The van der Waals surface area contributed by atoms with Crippen molar-refractivity contribution in [3.63, 3.8) is 0 Å². The molecule has 0 saturated heterocycles. The number of carbonyl (C=O) groups excluding carboxylic acids is 1. The van der Waals surface area contributed by atoms with Crippen LogP contribution in [0.1, 0.15) is 27.3 Å². The zero-order valence-electron chi connectivity index (χ0n) is 11.7. The summed E-state index contributed by atoms with van der Waals surface area (Å²) in [7, 11) is 0. The summed E-state index contributed by atoms with van der Waals surface area (Å²) in [6, 6.07) is 6.15. The third-order valence-corrected chi connectivity index (χ3v) is 2.96. The standard InChI is InChI=1S/C14H14N4O3/c1-9-3-4-11(6-13(9)18(20)21)14(19)15-7-12-5-10(2)16-8-17-12/h3-6,8H,7H2,1-2H3,(H,15,19). The van der Waals surface area contributed by atoms with Gasteiger partial charge in [0.05, 0.1) is 17.2 Å². The Balaban J connectivity index is 2.10. The van der Waals surface area contributed by atoms with E-state index in [9.17, 15) is 14.9 Å². The van der Waals surface area contributed by atoms with Crippen molar-refractivity contribution in [1.82, 2.24) is 15.3 Å². The highest BCUT2D eigenvalue weighted by atomic mass is 16.6. The number of carbonyl (C=O) groups is 1. The topological polar surface area (TPSA) is 98.0 Å². The van der Waals surface area contributed by atoms with Crippen molar-refractivity contribution in [3.8, 4) is 0 Å².